The van der Waals surface area contributed by atoms with Crippen LogP contribution in [0.4, 0.5) is 5.82 Å². The van der Waals surface area contributed by atoms with E-state index in [0.29, 0.717) is 17.8 Å². The molecule has 5 nitrogen and oxygen atoms in total. The Bertz CT molecular complexity index is 341. The number of nitrogens with one attached hydrogen (secondary N) is 1. The van der Waals surface area contributed by atoms with Crippen LogP contribution in [-0.2, 0) is 0 Å². The summed E-state index contributed by atoms with van der Waals surface area (Å²) in [5, 5.41) is 0. The SMILES string of the molecule is CC(=O)c1nc(N(C)C)c(C=O)[nH]1. The molecule has 13 heavy (non-hydrogen) atoms. The van der Waals surface area contributed by atoms with Gasteiger partial charge in [0.1, 0.15) is 5.69 Å². The molecule has 0 aromatic carbocycles. The summed E-state index contributed by atoms with van der Waals surface area (Å²) in [7, 11) is 3.51. The third kappa shape index (κ3) is 1.74. The first-order valence-corrected chi connectivity index (χ1v) is 3.79. The predicted molar refractivity (Wildman–Crippen MR) is 48.3 cm³/mol. The van der Waals surface area contributed by atoms with Gasteiger partial charge in [0.2, 0.25) is 0 Å². The smallest absolute Gasteiger partial charge is 0.195 e. The molecule has 0 fully saturated rings. The maximum atomic E-state index is 10.9. The third-order valence-electron chi connectivity index (χ3n) is 1.59. The normalized spacial score (nSPS) is 9.77. The highest BCUT2D eigenvalue weighted by Gasteiger charge is 2.13. The highest BCUT2D eigenvalue weighted by molar-refractivity contribution is 5.93. The maximum absolute atomic E-state index is 10.9. The molecule has 1 heterocycles. The fourth-order valence-corrected chi connectivity index (χ4v) is 0.967. The Morgan fingerprint density at radius 2 is 2.15 bits per heavy atom. The van der Waals surface area contributed by atoms with Crippen molar-refractivity contribution in [2.45, 2.75) is 6.92 Å². The second kappa shape index (κ2) is 3.38. The molecule has 1 aromatic heterocycles. The van der Waals surface area contributed by atoms with E-state index in [0.717, 1.165) is 0 Å². The molecule has 0 aliphatic carbocycles. The Labute approximate surface area is 75.8 Å². The minimum absolute atomic E-state index is 0.184. The van der Waals surface area contributed by atoms with Crippen LogP contribution in [0.25, 0.3) is 0 Å². The van der Waals surface area contributed by atoms with Crippen LogP contribution in [0.5, 0.6) is 0 Å². The van der Waals surface area contributed by atoms with Gasteiger partial charge in [-0.25, -0.2) is 4.98 Å². The van der Waals surface area contributed by atoms with E-state index in [9.17, 15) is 9.59 Å². The molecule has 0 spiro atoms. The van der Waals surface area contributed by atoms with Gasteiger partial charge in [0, 0.05) is 21.0 Å². The number of Topliss-reactive ketones (excluding diaryl/α,β-unsaturated/α-hetero) is 1. The lowest BCUT2D eigenvalue weighted by atomic mass is 10.4. The van der Waals surface area contributed by atoms with E-state index < -0.39 is 0 Å². The summed E-state index contributed by atoms with van der Waals surface area (Å²) >= 11 is 0. The molecule has 0 bridgehead atoms. The Kier molecular flexibility index (Phi) is 2.46. The second-order valence-corrected chi connectivity index (χ2v) is 2.89. The molecule has 0 saturated carbocycles. The van der Waals surface area contributed by atoms with Gasteiger partial charge in [-0.3, -0.25) is 9.59 Å². The van der Waals surface area contributed by atoms with Crippen LogP contribution in [0.2, 0.25) is 0 Å². The first-order valence-electron chi connectivity index (χ1n) is 3.79. The third-order valence-corrected chi connectivity index (χ3v) is 1.59. The lowest BCUT2D eigenvalue weighted by Gasteiger charge is -2.07. The minimum Gasteiger partial charge on any atom is -0.361 e. The number of rotatable bonds is 3. The Morgan fingerprint density at radius 1 is 1.54 bits per heavy atom. The zero-order valence-corrected chi connectivity index (χ0v) is 7.79. The number of anilines is 1. The van der Waals surface area contributed by atoms with Gasteiger partial charge >= 0.3 is 0 Å². The number of H-pyrrole nitrogens is 1. The van der Waals surface area contributed by atoms with E-state index in [-0.39, 0.29) is 11.6 Å². The zero-order chi connectivity index (χ0) is 10.0. The van der Waals surface area contributed by atoms with Crippen LogP contribution in [0.1, 0.15) is 28.0 Å². The lowest BCUT2D eigenvalue weighted by molar-refractivity contribution is 0.100. The fraction of sp³-hybridized carbons (Fsp3) is 0.375. The number of aromatic amines is 1. The average molecular weight is 181 g/mol. The van der Waals surface area contributed by atoms with Crippen molar-refractivity contribution >= 4 is 17.9 Å². The molecule has 0 unspecified atom stereocenters. The van der Waals surface area contributed by atoms with Gasteiger partial charge in [-0.1, -0.05) is 0 Å². The second-order valence-electron chi connectivity index (χ2n) is 2.89. The summed E-state index contributed by atoms with van der Waals surface area (Å²) in [5.41, 5.74) is 0.329. The van der Waals surface area contributed by atoms with Gasteiger partial charge in [0.25, 0.3) is 0 Å². The number of nitrogens with zero attached hydrogens (tertiary/aromatic N) is 2. The molecule has 1 aromatic rings. The van der Waals surface area contributed by atoms with Gasteiger partial charge in [-0.05, 0) is 0 Å². The topological polar surface area (TPSA) is 66.1 Å². The molecule has 0 radical (unpaired) electrons. The van der Waals surface area contributed by atoms with Gasteiger partial charge < -0.3 is 9.88 Å². The monoisotopic (exact) mass is 181 g/mol. The van der Waals surface area contributed by atoms with Crippen molar-refractivity contribution in [1.82, 2.24) is 9.97 Å². The molecular weight excluding hydrogens is 170 g/mol. The summed E-state index contributed by atoms with van der Waals surface area (Å²) < 4.78 is 0. The van der Waals surface area contributed by atoms with Crippen LogP contribution >= 0.6 is 0 Å². The zero-order valence-electron chi connectivity index (χ0n) is 7.79. The fourth-order valence-electron chi connectivity index (χ4n) is 0.967. The van der Waals surface area contributed by atoms with Crippen molar-refractivity contribution in [3.8, 4) is 0 Å². The van der Waals surface area contributed by atoms with Crippen molar-refractivity contribution in [2.75, 3.05) is 19.0 Å². The van der Waals surface area contributed by atoms with Crippen molar-refractivity contribution in [1.29, 1.82) is 0 Å². The van der Waals surface area contributed by atoms with E-state index in [1.54, 1.807) is 19.0 Å². The first-order chi connectivity index (χ1) is 6.06. The summed E-state index contributed by atoms with van der Waals surface area (Å²) in [6.07, 6.45) is 0.648. The number of aldehydes is 1. The molecule has 0 amide bonds. The Hall–Kier alpha value is -1.65. The molecule has 0 aliphatic heterocycles. The number of ketones is 1. The summed E-state index contributed by atoms with van der Waals surface area (Å²) in [4.78, 5) is 29.8. The predicted octanol–water partition coefficient (Wildman–Crippen LogP) is 0.491. The number of hydrogen-bond donors (Lipinski definition) is 1. The molecule has 5 heteroatoms. The number of carbonyl (C=O) groups is 2. The summed E-state index contributed by atoms with van der Waals surface area (Å²) in [5.74, 6) is 0.516. The molecule has 1 rings (SSSR count). The van der Waals surface area contributed by atoms with Crippen molar-refractivity contribution in [3.63, 3.8) is 0 Å². The maximum Gasteiger partial charge on any atom is 0.195 e. The Balaban J connectivity index is 3.19. The van der Waals surface area contributed by atoms with E-state index in [1.807, 2.05) is 0 Å². The van der Waals surface area contributed by atoms with Gasteiger partial charge in [0.05, 0.1) is 0 Å². The van der Waals surface area contributed by atoms with Crippen molar-refractivity contribution in [2.24, 2.45) is 0 Å². The largest absolute Gasteiger partial charge is 0.361 e. The molecule has 0 saturated heterocycles. The number of carbonyl (C=O) groups excluding carboxylic acids is 2. The molecule has 0 aliphatic rings. The van der Waals surface area contributed by atoms with Crippen LogP contribution in [0, 0.1) is 0 Å². The van der Waals surface area contributed by atoms with Crippen LogP contribution in [0.3, 0.4) is 0 Å². The average Bonchev–Trinajstić information content (AvgIpc) is 2.47. The minimum atomic E-state index is -0.184. The van der Waals surface area contributed by atoms with E-state index in [1.165, 1.54) is 6.92 Å². The Morgan fingerprint density at radius 3 is 2.46 bits per heavy atom. The quantitative estimate of drug-likeness (QED) is 0.544. The van der Waals surface area contributed by atoms with Crippen molar-refractivity contribution in [3.05, 3.63) is 11.5 Å². The van der Waals surface area contributed by atoms with E-state index in [2.05, 4.69) is 9.97 Å². The number of aromatic nitrogens is 2. The van der Waals surface area contributed by atoms with Crippen molar-refractivity contribution < 1.29 is 9.59 Å². The van der Waals surface area contributed by atoms with E-state index in [4.69, 9.17) is 0 Å². The lowest BCUT2D eigenvalue weighted by Crippen LogP contribution is -2.11. The summed E-state index contributed by atoms with van der Waals surface area (Å²) in [6, 6.07) is 0. The van der Waals surface area contributed by atoms with Gasteiger partial charge in [-0.2, -0.15) is 0 Å². The molecular formula is C8H11N3O2. The molecule has 0 atom stereocenters. The van der Waals surface area contributed by atoms with Gasteiger partial charge in [0.15, 0.2) is 23.7 Å². The molecule has 1 N–H and O–H groups in total. The number of hydrogen-bond acceptors (Lipinski definition) is 4. The summed E-state index contributed by atoms with van der Waals surface area (Å²) in [6.45, 7) is 1.40. The number of imidazole rings is 1. The van der Waals surface area contributed by atoms with E-state index >= 15 is 0 Å². The van der Waals surface area contributed by atoms with Crippen LogP contribution in [0.15, 0.2) is 0 Å². The highest BCUT2D eigenvalue weighted by atomic mass is 16.1. The first kappa shape index (κ1) is 9.44. The molecule has 70 valence electrons. The van der Waals surface area contributed by atoms with Gasteiger partial charge in [-0.15, -0.1) is 0 Å². The standard InChI is InChI=1S/C8H11N3O2/c1-5(13)7-9-6(4-12)8(10-7)11(2)3/h4H,1-3H3,(H,9,10). The van der Waals surface area contributed by atoms with Crippen LogP contribution < -0.4 is 4.90 Å². The highest BCUT2D eigenvalue weighted by Crippen LogP contribution is 2.13. The van der Waals surface area contributed by atoms with Crippen LogP contribution in [-0.4, -0.2) is 36.1 Å².